The molecule has 2 saturated heterocycles. The molecule has 2 aromatic rings. The van der Waals surface area contributed by atoms with Gasteiger partial charge in [0, 0.05) is 32.3 Å². The number of likely N-dealkylation sites (tertiary alicyclic amines) is 1. The van der Waals surface area contributed by atoms with Gasteiger partial charge in [0.15, 0.2) is 0 Å². The summed E-state index contributed by atoms with van der Waals surface area (Å²) in [7, 11) is 0. The average molecular weight is 449 g/mol. The number of aromatic nitrogens is 2. The first-order chi connectivity index (χ1) is 15.0. The van der Waals surface area contributed by atoms with E-state index in [2.05, 4.69) is 22.2 Å². The standard InChI is InChI=1S/C23H30ClFN4O2/c1-16(18-4-6-19(25)7-5-18)28-10-8-20(9-11-28)29-23(30)22(24)21(14-27-29)26-13-17-3-2-12-31-15-17/h4-7,14,16-17,20,26H,2-3,8-13,15H2,1H3/t16-,17-/m0/s1. The van der Waals surface area contributed by atoms with Crippen molar-refractivity contribution in [1.29, 1.82) is 0 Å². The molecule has 0 unspecified atom stereocenters. The fraction of sp³-hybridized carbons (Fsp3) is 0.565. The molecule has 0 radical (unpaired) electrons. The molecule has 0 bridgehead atoms. The second kappa shape index (κ2) is 10.1. The minimum absolute atomic E-state index is 0.0301. The number of halogens is 2. The lowest BCUT2D eigenvalue weighted by molar-refractivity contribution is 0.0595. The van der Waals surface area contributed by atoms with Crippen LogP contribution in [0.15, 0.2) is 35.3 Å². The maximum atomic E-state index is 13.2. The largest absolute Gasteiger partial charge is 0.382 e. The Morgan fingerprint density at radius 1 is 1.26 bits per heavy atom. The Kier molecular flexibility index (Phi) is 7.25. The van der Waals surface area contributed by atoms with Crippen molar-refractivity contribution in [2.75, 3.05) is 38.2 Å². The van der Waals surface area contributed by atoms with Gasteiger partial charge in [-0.05, 0) is 56.2 Å². The Labute approximate surface area is 187 Å². The number of ether oxygens (including phenoxy) is 1. The van der Waals surface area contributed by atoms with Gasteiger partial charge in [-0.1, -0.05) is 23.7 Å². The summed E-state index contributed by atoms with van der Waals surface area (Å²) in [5, 5.41) is 7.91. The lowest BCUT2D eigenvalue weighted by Crippen LogP contribution is -2.39. The molecule has 0 spiro atoms. The molecule has 2 aliphatic heterocycles. The summed E-state index contributed by atoms with van der Waals surface area (Å²) in [5.74, 6) is 0.210. The fourth-order valence-corrected chi connectivity index (χ4v) is 4.72. The molecule has 1 aromatic heterocycles. The van der Waals surface area contributed by atoms with Crippen LogP contribution in [0.2, 0.25) is 5.02 Å². The molecule has 3 heterocycles. The van der Waals surface area contributed by atoms with E-state index in [-0.39, 0.29) is 28.5 Å². The minimum Gasteiger partial charge on any atom is -0.382 e. The van der Waals surface area contributed by atoms with Gasteiger partial charge in [-0.25, -0.2) is 9.07 Å². The highest BCUT2D eigenvalue weighted by Crippen LogP contribution is 2.29. The number of rotatable bonds is 6. The summed E-state index contributed by atoms with van der Waals surface area (Å²) in [4.78, 5) is 15.2. The highest BCUT2D eigenvalue weighted by molar-refractivity contribution is 6.32. The highest BCUT2D eigenvalue weighted by Gasteiger charge is 2.26. The van der Waals surface area contributed by atoms with Crippen molar-refractivity contribution in [1.82, 2.24) is 14.7 Å². The Hall–Kier alpha value is -1.96. The molecule has 2 aliphatic rings. The number of piperidine rings is 1. The Balaban J connectivity index is 1.36. The first-order valence-electron chi connectivity index (χ1n) is 11.1. The van der Waals surface area contributed by atoms with Gasteiger partial charge in [0.05, 0.1) is 24.5 Å². The van der Waals surface area contributed by atoms with Crippen LogP contribution in [0.3, 0.4) is 0 Å². The van der Waals surface area contributed by atoms with Crippen molar-refractivity contribution in [2.24, 2.45) is 5.92 Å². The van der Waals surface area contributed by atoms with E-state index >= 15 is 0 Å². The molecule has 0 saturated carbocycles. The average Bonchev–Trinajstić information content (AvgIpc) is 2.81. The topological polar surface area (TPSA) is 59.4 Å². The first-order valence-corrected chi connectivity index (χ1v) is 11.5. The number of hydrogen-bond acceptors (Lipinski definition) is 5. The molecular formula is C23H30ClFN4O2. The van der Waals surface area contributed by atoms with Crippen LogP contribution >= 0.6 is 11.6 Å². The smallest absolute Gasteiger partial charge is 0.287 e. The fourth-order valence-electron chi connectivity index (χ4n) is 4.52. The number of hydrogen-bond donors (Lipinski definition) is 1. The second-order valence-electron chi connectivity index (χ2n) is 8.58. The third-order valence-corrected chi connectivity index (χ3v) is 6.89. The zero-order valence-electron chi connectivity index (χ0n) is 17.9. The van der Waals surface area contributed by atoms with Crippen molar-refractivity contribution in [2.45, 2.75) is 44.7 Å². The van der Waals surface area contributed by atoms with Crippen LogP contribution in [-0.4, -0.2) is 47.5 Å². The number of benzene rings is 1. The maximum Gasteiger partial charge on any atom is 0.287 e. The van der Waals surface area contributed by atoms with Crippen LogP contribution in [0, 0.1) is 11.7 Å². The highest BCUT2D eigenvalue weighted by atomic mass is 35.5. The molecule has 4 rings (SSSR count). The van der Waals surface area contributed by atoms with Gasteiger partial charge in [-0.2, -0.15) is 5.10 Å². The molecule has 0 aliphatic carbocycles. The van der Waals surface area contributed by atoms with Crippen LogP contribution in [0.4, 0.5) is 10.1 Å². The van der Waals surface area contributed by atoms with E-state index in [4.69, 9.17) is 16.3 Å². The lowest BCUT2D eigenvalue weighted by Gasteiger charge is -2.36. The summed E-state index contributed by atoms with van der Waals surface area (Å²) in [6.07, 6.45) is 5.49. The quantitative estimate of drug-likeness (QED) is 0.715. The molecule has 0 amide bonds. The van der Waals surface area contributed by atoms with Gasteiger partial charge in [0.1, 0.15) is 10.8 Å². The molecular weight excluding hydrogens is 419 g/mol. The van der Waals surface area contributed by atoms with E-state index in [1.807, 2.05) is 12.1 Å². The molecule has 1 aromatic carbocycles. The third-order valence-electron chi connectivity index (χ3n) is 6.52. The van der Waals surface area contributed by atoms with E-state index in [0.717, 1.165) is 64.1 Å². The molecule has 31 heavy (non-hydrogen) atoms. The van der Waals surface area contributed by atoms with Crippen molar-refractivity contribution in [3.63, 3.8) is 0 Å². The third kappa shape index (κ3) is 5.27. The molecule has 2 atom stereocenters. The van der Waals surface area contributed by atoms with Crippen LogP contribution < -0.4 is 10.9 Å². The number of nitrogens with zero attached hydrogens (tertiary/aromatic N) is 3. The lowest BCUT2D eigenvalue weighted by atomic mass is 10.00. The van der Waals surface area contributed by atoms with E-state index in [1.54, 1.807) is 6.20 Å². The summed E-state index contributed by atoms with van der Waals surface area (Å²) >= 11 is 6.40. The Bertz CT molecular complexity index is 922. The Morgan fingerprint density at radius 2 is 2.00 bits per heavy atom. The number of nitrogens with one attached hydrogen (secondary N) is 1. The van der Waals surface area contributed by atoms with Crippen molar-refractivity contribution in [3.8, 4) is 0 Å². The summed E-state index contributed by atoms with van der Waals surface area (Å²) in [6.45, 7) is 6.12. The predicted octanol–water partition coefficient (Wildman–Crippen LogP) is 4.27. The molecule has 8 heteroatoms. The van der Waals surface area contributed by atoms with Crippen molar-refractivity contribution < 1.29 is 9.13 Å². The monoisotopic (exact) mass is 448 g/mol. The summed E-state index contributed by atoms with van der Waals surface area (Å²) in [6, 6.07) is 6.90. The zero-order chi connectivity index (χ0) is 21.8. The van der Waals surface area contributed by atoms with E-state index in [1.165, 1.54) is 16.8 Å². The van der Waals surface area contributed by atoms with E-state index in [0.29, 0.717) is 11.6 Å². The normalized spacial score (nSPS) is 21.7. The van der Waals surface area contributed by atoms with Gasteiger partial charge in [-0.3, -0.25) is 9.69 Å². The summed E-state index contributed by atoms with van der Waals surface area (Å²) in [5.41, 5.74) is 1.45. The number of anilines is 1. The second-order valence-corrected chi connectivity index (χ2v) is 8.96. The minimum atomic E-state index is -0.239. The maximum absolute atomic E-state index is 13.2. The predicted molar refractivity (Wildman–Crippen MR) is 120 cm³/mol. The zero-order valence-corrected chi connectivity index (χ0v) is 18.7. The van der Waals surface area contributed by atoms with E-state index < -0.39 is 0 Å². The SMILES string of the molecule is C[C@@H](c1ccc(F)cc1)N1CCC(n2ncc(NC[C@@H]3CCCOC3)c(Cl)c2=O)CC1. The first kappa shape index (κ1) is 22.2. The van der Waals surface area contributed by atoms with Gasteiger partial charge < -0.3 is 10.1 Å². The van der Waals surface area contributed by atoms with Gasteiger partial charge in [0.25, 0.3) is 5.56 Å². The van der Waals surface area contributed by atoms with Gasteiger partial charge in [-0.15, -0.1) is 0 Å². The van der Waals surface area contributed by atoms with Crippen LogP contribution in [-0.2, 0) is 4.74 Å². The van der Waals surface area contributed by atoms with Crippen LogP contribution in [0.1, 0.15) is 50.3 Å². The molecule has 6 nitrogen and oxygen atoms in total. The van der Waals surface area contributed by atoms with Crippen LogP contribution in [0.25, 0.3) is 0 Å². The van der Waals surface area contributed by atoms with Crippen molar-refractivity contribution in [3.05, 3.63) is 57.2 Å². The van der Waals surface area contributed by atoms with Gasteiger partial charge in [0.2, 0.25) is 0 Å². The molecule has 168 valence electrons. The van der Waals surface area contributed by atoms with E-state index in [9.17, 15) is 9.18 Å². The van der Waals surface area contributed by atoms with Gasteiger partial charge >= 0.3 is 0 Å². The Morgan fingerprint density at radius 3 is 2.68 bits per heavy atom. The van der Waals surface area contributed by atoms with Crippen LogP contribution in [0.5, 0.6) is 0 Å². The van der Waals surface area contributed by atoms with Crippen molar-refractivity contribution >= 4 is 17.3 Å². The molecule has 1 N–H and O–H groups in total. The molecule has 2 fully saturated rings. The summed E-state index contributed by atoms with van der Waals surface area (Å²) < 4.78 is 20.2.